The molecule has 1 nitrogen and oxygen atoms in total. The minimum absolute atomic E-state index is 0. The summed E-state index contributed by atoms with van der Waals surface area (Å²) in [5.74, 6) is 2.37. The average Bonchev–Trinajstić information content (AvgIpc) is 1.80. The first kappa shape index (κ1) is 16.5. The summed E-state index contributed by atoms with van der Waals surface area (Å²) < 4.78 is 0. The Morgan fingerprint density at radius 2 is 0.857 bits per heavy atom. The molecule has 0 aromatic carbocycles. The molecule has 0 aliphatic carbocycles. The second-order valence-electron chi connectivity index (χ2n) is 5.40. The summed E-state index contributed by atoms with van der Waals surface area (Å²) in [6.45, 7) is 17.5. The van der Waals surface area contributed by atoms with E-state index in [4.69, 9.17) is 0 Å². The van der Waals surface area contributed by atoms with E-state index in [0.717, 1.165) is 17.8 Å². The Labute approximate surface area is 92.8 Å². The van der Waals surface area contributed by atoms with Gasteiger partial charge >= 0.3 is 0 Å². The maximum absolute atomic E-state index is 2.60. The molecule has 0 bridgehead atoms. The number of nitrogens with zero attached hydrogens (tertiary/aromatic N) is 1. The smallest absolute Gasteiger partial charge is 0.000461 e. The van der Waals surface area contributed by atoms with E-state index in [1.807, 2.05) is 0 Å². The number of hydrogen-bond acceptors (Lipinski definition) is 1. The summed E-state index contributed by atoms with van der Waals surface area (Å²) in [5.41, 5.74) is 0. The van der Waals surface area contributed by atoms with Gasteiger partial charge in [-0.1, -0.05) is 41.5 Å². The first-order valence-electron chi connectivity index (χ1n) is 5.64. The summed E-state index contributed by atoms with van der Waals surface area (Å²) in [6.07, 6.45) is 0. The van der Waals surface area contributed by atoms with Gasteiger partial charge in [-0.3, -0.25) is 0 Å². The van der Waals surface area contributed by atoms with Crippen molar-refractivity contribution >= 4 is 8.41 Å². The molecule has 0 aromatic rings. The van der Waals surface area contributed by atoms with Crippen LogP contribution in [0.4, 0.5) is 0 Å². The molecule has 0 saturated carbocycles. The standard InChI is InChI=1S/C12H27N.B/c1-10(2)7-13(8-11(3)4)9-12(5)6;/h10-12H,7-9H2,1-6H3;. The highest BCUT2D eigenvalue weighted by molar-refractivity contribution is 5.75. The zero-order valence-corrected chi connectivity index (χ0v) is 10.9. The second kappa shape index (κ2) is 8.34. The molecule has 83 valence electrons. The van der Waals surface area contributed by atoms with E-state index >= 15 is 0 Å². The van der Waals surface area contributed by atoms with E-state index in [1.165, 1.54) is 19.6 Å². The van der Waals surface area contributed by atoms with Crippen molar-refractivity contribution in [1.29, 1.82) is 0 Å². The van der Waals surface area contributed by atoms with Gasteiger partial charge in [0, 0.05) is 28.0 Å². The maximum atomic E-state index is 2.60. The Kier molecular flexibility index (Phi) is 9.81. The van der Waals surface area contributed by atoms with Crippen LogP contribution in [0.1, 0.15) is 41.5 Å². The molecule has 0 aliphatic heterocycles. The third kappa shape index (κ3) is 10.1. The van der Waals surface area contributed by atoms with Crippen molar-refractivity contribution < 1.29 is 0 Å². The van der Waals surface area contributed by atoms with E-state index in [2.05, 4.69) is 46.4 Å². The van der Waals surface area contributed by atoms with Crippen molar-refractivity contribution in [2.24, 2.45) is 17.8 Å². The zero-order valence-electron chi connectivity index (χ0n) is 10.9. The summed E-state index contributed by atoms with van der Waals surface area (Å²) in [5, 5.41) is 0. The first-order valence-corrected chi connectivity index (χ1v) is 5.64. The van der Waals surface area contributed by atoms with E-state index < -0.39 is 0 Å². The predicted octanol–water partition coefficient (Wildman–Crippen LogP) is 2.88. The molecule has 0 atom stereocenters. The molecule has 0 saturated heterocycles. The van der Waals surface area contributed by atoms with Crippen LogP contribution in [0.15, 0.2) is 0 Å². The van der Waals surface area contributed by atoms with Crippen LogP contribution < -0.4 is 0 Å². The zero-order chi connectivity index (χ0) is 10.4. The summed E-state index contributed by atoms with van der Waals surface area (Å²) in [6, 6.07) is 0. The summed E-state index contributed by atoms with van der Waals surface area (Å²) >= 11 is 0. The Bertz CT molecular complexity index is 97.7. The lowest BCUT2D eigenvalue weighted by atomic mass is 10.1. The summed E-state index contributed by atoms with van der Waals surface area (Å²) in [7, 11) is 0. The maximum Gasteiger partial charge on any atom is 0.000461 e. The Balaban J connectivity index is 0. The van der Waals surface area contributed by atoms with E-state index in [-0.39, 0.29) is 8.41 Å². The molecule has 0 aromatic heterocycles. The summed E-state index contributed by atoms with van der Waals surface area (Å²) in [4.78, 5) is 2.60. The molecule has 14 heavy (non-hydrogen) atoms. The lowest BCUT2D eigenvalue weighted by Crippen LogP contribution is -2.34. The average molecular weight is 196 g/mol. The van der Waals surface area contributed by atoms with E-state index in [1.54, 1.807) is 0 Å². The molecule has 0 spiro atoms. The van der Waals surface area contributed by atoms with Gasteiger partial charge < -0.3 is 4.90 Å². The molecule has 0 rings (SSSR count). The number of rotatable bonds is 6. The normalized spacial score (nSPS) is 11.6. The fourth-order valence-electron chi connectivity index (χ4n) is 1.77. The highest BCUT2D eigenvalue weighted by atomic mass is 15.1. The minimum atomic E-state index is 0. The molecular formula is C12H27BN. The topological polar surface area (TPSA) is 3.24 Å². The molecule has 0 N–H and O–H groups in total. The van der Waals surface area contributed by atoms with Crippen LogP contribution in [0.3, 0.4) is 0 Å². The Morgan fingerprint density at radius 3 is 1.00 bits per heavy atom. The Morgan fingerprint density at radius 1 is 0.643 bits per heavy atom. The number of hydrogen-bond donors (Lipinski definition) is 0. The van der Waals surface area contributed by atoms with Crippen LogP contribution in [0.2, 0.25) is 0 Å². The lowest BCUT2D eigenvalue weighted by molar-refractivity contribution is 0.198. The first-order chi connectivity index (χ1) is 5.91. The van der Waals surface area contributed by atoms with Crippen LogP contribution in [-0.2, 0) is 0 Å². The molecule has 0 amide bonds. The van der Waals surface area contributed by atoms with Crippen LogP contribution in [0.5, 0.6) is 0 Å². The van der Waals surface area contributed by atoms with Gasteiger partial charge in [0.2, 0.25) is 0 Å². The molecule has 3 radical (unpaired) electrons. The molecule has 0 aliphatic rings. The van der Waals surface area contributed by atoms with Gasteiger partial charge in [-0.15, -0.1) is 0 Å². The van der Waals surface area contributed by atoms with Gasteiger partial charge in [-0.25, -0.2) is 0 Å². The fraction of sp³-hybridized carbons (Fsp3) is 1.00. The molecule has 0 fully saturated rings. The van der Waals surface area contributed by atoms with Crippen LogP contribution in [0, 0.1) is 17.8 Å². The van der Waals surface area contributed by atoms with Crippen LogP contribution in [0.25, 0.3) is 0 Å². The lowest BCUT2D eigenvalue weighted by Gasteiger charge is -2.27. The fourth-order valence-corrected chi connectivity index (χ4v) is 1.77. The van der Waals surface area contributed by atoms with Gasteiger partial charge in [-0.05, 0) is 17.8 Å². The van der Waals surface area contributed by atoms with E-state index in [9.17, 15) is 0 Å². The molecule has 0 unspecified atom stereocenters. The van der Waals surface area contributed by atoms with Crippen molar-refractivity contribution in [3.63, 3.8) is 0 Å². The van der Waals surface area contributed by atoms with Crippen LogP contribution in [-0.4, -0.2) is 32.9 Å². The van der Waals surface area contributed by atoms with Crippen molar-refractivity contribution in [2.75, 3.05) is 19.6 Å². The third-order valence-electron chi connectivity index (χ3n) is 1.87. The minimum Gasteiger partial charge on any atom is -0.303 e. The molecular weight excluding hydrogens is 169 g/mol. The van der Waals surface area contributed by atoms with E-state index in [0.29, 0.717) is 0 Å². The van der Waals surface area contributed by atoms with Gasteiger partial charge in [0.1, 0.15) is 0 Å². The largest absolute Gasteiger partial charge is 0.303 e. The van der Waals surface area contributed by atoms with Crippen molar-refractivity contribution in [2.45, 2.75) is 41.5 Å². The second-order valence-corrected chi connectivity index (χ2v) is 5.40. The van der Waals surface area contributed by atoms with Crippen molar-refractivity contribution in [3.8, 4) is 0 Å². The van der Waals surface area contributed by atoms with Gasteiger partial charge in [0.15, 0.2) is 0 Å². The quantitative estimate of drug-likeness (QED) is 0.590. The SMILES string of the molecule is CC(C)CN(CC(C)C)CC(C)C.[B]. The van der Waals surface area contributed by atoms with Crippen molar-refractivity contribution in [3.05, 3.63) is 0 Å². The predicted molar refractivity (Wildman–Crippen MR) is 66.7 cm³/mol. The highest BCUT2D eigenvalue weighted by Gasteiger charge is 2.10. The molecule has 0 heterocycles. The highest BCUT2D eigenvalue weighted by Crippen LogP contribution is 2.06. The Hall–Kier alpha value is 0.0249. The third-order valence-corrected chi connectivity index (χ3v) is 1.87. The van der Waals surface area contributed by atoms with Crippen molar-refractivity contribution in [1.82, 2.24) is 4.90 Å². The van der Waals surface area contributed by atoms with Gasteiger partial charge in [0.25, 0.3) is 0 Å². The molecule has 2 heteroatoms. The van der Waals surface area contributed by atoms with Gasteiger partial charge in [0.05, 0.1) is 0 Å². The van der Waals surface area contributed by atoms with Crippen LogP contribution >= 0.6 is 0 Å². The van der Waals surface area contributed by atoms with Gasteiger partial charge in [-0.2, -0.15) is 0 Å². The monoisotopic (exact) mass is 196 g/mol.